The van der Waals surface area contributed by atoms with Crippen LogP contribution in [0.4, 0.5) is 0 Å². The van der Waals surface area contributed by atoms with Crippen molar-refractivity contribution in [1.82, 2.24) is 9.97 Å². The van der Waals surface area contributed by atoms with Gasteiger partial charge in [0.25, 0.3) is 11.7 Å². The predicted octanol–water partition coefficient (Wildman–Crippen LogP) is 3.97. The van der Waals surface area contributed by atoms with E-state index in [-0.39, 0.29) is 10.8 Å². The average Bonchev–Trinajstić information content (AvgIpc) is 3.37. The first kappa shape index (κ1) is 19.3. The van der Waals surface area contributed by atoms with E-state index in [1.165, 1.54) is 0 Å². The van der Waals surface area contributed by atoms with Gasteiger partial charge in [0, 0.05) is 11.4 Å². The normalized spacial score (nSPS) is 24.5. The van der Waals surface area contributed by atoms with Gasteiger partial charge in [-0.25, -0.2) is 8.97 Å². The molecule has 0 aliphatic carbocycles. The molecule has 6 heteroatoms. The van der Waals surface area contributed by atoms with Crippen molar-refractivity contribution in [3.8, 4) is 0 Å². The van der Waals surface area contributed by atoms with Crippen molar-refractivity contribution in [3.05, 3.63) is 70.8 Å². The largest absolute Gasteiger partial charge is 0.352 e. The second-order valence-corrected chi connectivity index (χ2v) is 10.8. The number of nitrogens with one attached hydrogen (secondary N) is 2. The number of aromatic nitrogens is 2. The van der Waals surface area contributed by atoms with E-state index in [2.05, 4.69) is 103 Å². The maximum atomic E-state index is 5.14. The summed E-state index contributed by atoms with van der Waals surface area (Å²) in [6.45, 7) is 8.93. The van der Waals surface area contributed by atoms with Crippen molar-refractivity contribution in [2.45, 2.75) is 38.5 Å². The zero-order chi connectivity index (χ0) is 21.7. The monoisotopic (exact) mass is 404 g/mol. The van der Waals surface area contributed by atoms with Crippen molar-refractivity contribution in [1.29, 1.82) is 0 Å². The van der Waals surface area contributed by atoms with Crippen LogP contribution in [-0.2, 0) is 10.8 Å². The minimum absolute atomic E-state index is 0.249. The summed E-state index contributed by atoms with van der Waals surface area (Å²) in [5.74, 6) is 2.06. The van der Waals surface area contributed by atoms with Gasteiger partial charge in [0.2, 0.25) is 0 Å². The molecule has 0 radical (unpaired) electrons. The molecule has 0 saturated heterocycles. The molecular formula is C24H32N6+2. The fourth-order valence-corrected chi connectivity index (χ4v) is 4.68. The average molecular weight is 405 g/mol. The first-order valence-corrected chi connectivity index (χ1v) is 10.5. The Morgan fingerprint density at radius 2 is 1.00 bits per heavy atom. The number of quaternary nitrogens is 2. The molecule has 156 valence electrons. The summed E-state index contributed by atoms with van der Waals surface area (Å²) in [5, 5.41) is 0. The first-order valence-electron chi connectivity index (χ1n) is 10.5. The smallest absolute Gasteiger partial charge is 0.256 e. The number of aromatic amines is 2. The third-order valence-corrected chi connectivity index (χ3v) is 6.92. The topological polar surface area (TPSA) is 56.3 Å². The third-order valence-electron chi connectivity index (χ3n) is 6.92. The molecule has 0 fully saturated rings. The second-order valence-electron chi connectivity index (χ2n) is 10.8. The van der Waals surface area contributed by atoms with Gasteiger partial charge < -0.3 is 9.97 Å². The molecule has 2 N–H and O–H groups in total. The van der Waals surface area contributed by atoms with Crippen LogP contribution in [0.2, 0.25) is 0 Å². The lowest BCUT2D eigenvalue weighted by Crippen LogP contribution is -2.39. The number of hydrogen-bond donors (Lipinski definition) is 2. The molecule has 6 nitrogen and oxygen atoms in total. The molecule has 2 aromatic rings. The van der Waals surface area contributed by atoms with Crippen LogP contribution in [0.5, 0.6) is 0 Å². The zero-order valence-corrected chi connectivity index (χ0v) is 19.3. The molecule has 0 spiro atoms. The van der Waals surface area contributed by atoms with Gasteiger partial charge in [-0.15, -0.1) is 0 Å². The van der Waals surface area contributed by atoms with Crippen LogP contribution >= 0.6 is 0 Å². The summed E-state index contributed by atoms with van der Waals surface area (Å²) in [5.41, 5.74) is 6.06. The summed E-state index contributed by atoms with van der Waals surface area (Å²) in [6.07, 6.45) is 4.51. The maximum Gasteiger partial charge on any atom is 0.256 e. The van der Waals surface area contributed by atoms with Crippen molar-refractivity contribution in [3.63, 3.8) is 0 Å². The third kappa shape index (κ3) is 2.50. The van der Waals surface area contributed by atoms with Crippen molar-refractivity contribution >= 4 is 11.7 Å². The standard InChI is InChI=1S/C24H32N6/c1-23(2)17-11-9-15(25-17)22-28-20(14-30(22,7)8)24(3,4)18-12-10-16(26-18)21-27-19(23)13-29(21,5)6/h9-14,25-26H,1-8H3/q+2. The molecule has 0 atom stereocenters. The van der Waals surface area contributed by atoms with E-state index in [1.54, 1.807) is 0 Å². The Morgan fingerprint density at radius 1 is 0.633 bits per heavy atom. The first-order chi connectivity index (χ1) is 13.8. The number of fused-ring (bicyclic) bond motifs is 8. The number of H-pyrrole nitrogens is 2. The lowest BCUT2D eigenvalue weighted by molar-refractivity contribution is -0.739. The van der Waals surface area contributed by atoms with Crippen LogP contribution in [0, 0.1) is 0 Å². The van der Waals surface area contributed by atoms with E-state index in [9.17, 15) is 0 Å². The van der Waals surface area contributed by atoms with E-state index in [0.717, 1.165) is 45.8 Å². The molecule has 0 unspecified atom stereocenters. The van der Waals surface area contributed by atoms with Gasteiger partial charge in [-0.1, -0.05) is 0 Å². The molecular weight excluding hydrogens is 372 g/mol. The highest BCUT2D eigenvalue weighted by atomic mass is 15.4. The minimum atomic E-state index is -0.249. The molecule has 3 aliphatic heterocycles. The Kier molecular flexibility index (Phi) is 3.54. The van der Waals surface area contributed by atoms with E-state index in [4.69, 9.17) is 9.98 Å². The van der Waals surface area contributed by atoms with Gasteiger partial charge in [0.15, 0.2) is 0 Å². The number of nitrogens with zero attached hydrogens (tertiary/aromatic N) is 4. The highest BCUT2D eigenvalue weighted by Gasteiger charge is 2.43. The highest BCUT2D eigenvalue weighted by molar-refractivity contribution is 5.95. The van der Waals surface area contributed by atoms with Crippen molar-refractivity contribution < 1.29 is 8.97 Å². The number of allylic oxidation sites excluding steroid dienone is 2. The van der Waals surface area contributed by atoms with Crippen LogP contribution in [0.15, 0.2) is 58.0 Å². The number of rotatable bonds is 0. The predicted molar refractivity (Wildman–Crippen MR) is 121 cm³/mol. The molecule has 2 aromatic heterocycles. The lowest BCUT2D eigenvalue weighted by Gasteiger charge is -2.24. The zero-order valence-electron chi connectivity index (χ0n) is 19.3. The quantitative estimate of drug-likeness (QED) is 0.625. The summed E-state index contributed by atoms with van der Waals surface area (Å²) < 4.78 is 1.22. The summed E-state index contributed by atoms with van der Waals surface area (Å²) in [4.78, 5) is 17.6. The molecule has 0 saturated carbocycles. The Balaban J connectivity index is 1.79. The molecule has 0 aromatic carbocycles. The highest BCUT2D eigenvalue weighted by Crippen LogP contribution is 2.40. The Morgan fingerprint density at radius 3 is 1.37 bits per heavy atom. The lowest BCUT2D eigenvalue weighted by atomic mass is 9.86. The van der Waals surface area contributed by atoms with Crippen molar-refractivity contribution in [2.24, 2.45) is 9.98 Å². The Bertz CT molecular complexity index is 1100. The Hall–Kier alpha value is -2.70. The van der Waals surface area contributed by atoms with Crippen LogP contribution in [0.1, 0.15) is 50.5 Å². The van der Waals surface area contributed by atoms with Gasteiger partial charge in [0.1, 0.15) is 35.2 Å². The molecule has 30 heavy (non-hydrogen) atoms. The fourth-order valence-electron chi connectivity index (χ4n) is 4.68. The van der Waals surface area contributed by atoms with Gasteiger partial charge >= 0.3 is 0 Å². The van der Waals surface area contributed by atoms with E-state index in [0.29, 0.717) is 8.97 Å². The van der Waals surface area contributed by atoms with Gasteiger partial charge in [-0.2, -0.15) is 9.98 Å². The molecule has 5 rings (SSSR count). The SMILES string of the molecule is CC1(C)C2=C[N+](C)(C)C(=N2)c2ccc([nH]2)C(C)(C)C2=C[N+](C)(C)C(=N2)c2ccc1[nH]2. The summed E-state index contributed by atoms with van der Waals surface area (Å²) >= 11 is 0. The van der Waals surface area contributed by atoms with E-state index < -0.39 is 0 Å². The van der Waals surface area contributed by atoms with Gasteiger partial charge in [-0.3, -0.25) is 0 Å². The van der Waals surface area contributed by atoms with Crippen LogP contribution < -0.4 is 0 Å². The molecule has 3 aliphatic rings. The van der Waals surface area contributed by atoms with E-state index in [1.807, 2.05) is 0 Å². The van der Waals surface area contributed by atoms with E-state index >= 15 is 0 Å². The molecule has 0 amide bonds. The minimum Gasteiger partial charge on any atom is -0.352 e. The maximum absolute atomic E-state index is 5.14. The summed E-state index contributed by atoms with van der Waals surface area (Å²) in [7, 11) is 8.73. The van der Waals surface area contributed by atoms with Crippen LogP contribution in [0.3, 0.4) is 0 Å². The van der Waals surface area contributed by atoms with Crippen molar-refractivity contribution in [2.75, 3.05) is 28.2 Å². The van der Waals surface area contributed by atoms with Crippen LogP contribution in [-0.4, -0.2) is 58.8 Å². The van der Waals surface area contributed by atoms with Crippen LogP contribution in [0.25, 0.3) is 0 Å². The number of hydrogen-bond acceptors (Lipinski definition) is 2. The fraction of sp³-hybridized carbons (Fsp3) is 0.417. The molecule has 8 bridgehead atoms. The second kappa shape index (κ2) is 5.50. The van der Waals surface area contributed by atoms with Gasteiger partial charge in [0.05, 0.1) is 39.0 Å². The molecule has 5 heterocycles. The number of amidine groups is 2. The number of aliphatic imine (C=N–C) groups is 2. The summed E-state index contributed by atoms with van der Waals surface area (Å²) in [6, 6.07) is 8.68. The van der Waals surface area contributed by atoms with Gasteiger partial charge in [-0.05, 0) is 52.0 Å². The Labute approximate surface area is 178 Å².